The van der Waals surface area contributed by atoms with Crippen LogP contribution in [0.5, 0.6) is 0 Å². The van der Waals surface area contributed by atoms with E-state index in [-0.39, 0.29) is 18.1 Å². The van der Waals surface area contributed by atoms with Crippen LogP contribution in [-0.4, -0.2) is 46.4 Å². The Balaban J connectivity index is 2.68. The van der Waals surface area contributed by atoms with E-state index in [0.717, 1.165) is 0 Å². The number of carbonyl (C=O) groups excluding carboxylic acids is 2. The Hall–Kier alpha value is -1.89. The first-order valence-corrected chi connectivity index (χ1v) is 4.80. The number of imidazole rings is 1. The fourth-order valence-corrected chi connectivity index (χ4v) is 1.24. The summed E-state index contributed by atoms with van der Waals surface area (Å²) in [6, 6.07) is 0. The molecule has 0 saturated heterocycles. The number of likely N-dealkylation sites (N-methyl/N-ethyl adjacent to an activating group) is 1. The van der Waals surface area contributed by atoms with Crippen LogP contribution in [0.3, 0.4) is 0 Å². The first-order chi connectivity index (χ1) is 7.54. The Labute approximate surface area is 93.0 Å². The number of nitrogens with zero attached hydrogens (tertiary/aromatic N) is 3. The van der Waals surface area contributed by atoms with Gasteiger partial charge in [0.25, 0.3) is 5.91 Å². The SMILES string of the molecule is CN(CC(N)=O)C(=O)c1cn(CCN)cn1. The number of nitrogens with two attached hydrogens (primary N) is 2. The van der Waals surface area contributed by atoms with Gasteiger partial charge < -0.3 is 20.9 Å². The van der Waals surface area contributed by atoms with Gasteiger partial charge in [-0.3, -0.25) is 9.59 Å². The Kier molecular flexibility index (Phi) is 4.01. The maximum atomic E-state index is 11.7. The monoisotopic (exact) mass is 225 g/mol. The van der Waals surface area contributed by atoms with Gasteiger partial charge in [-0.1, -0.05) is 0 Å². The first-order valence-electron chi connectivity index (χ1n) is 4.80. The Bertz CT molecular complexity index is 387. The van der Waals surface area contributed by atoms with E-state index in [1.165, 1.54) is 18.3 Å². The molecule has 7 nitrogen and oxygen atoms in total. The van der Waals surface area contributed by atoms with Gasteiger partial charge in [0, 0.05) is 26.3 Å². The largest absolute Gasteiger partial charge is 0.368 e. The zero-order valence-electron chi connectivity index (χ0n) is 9.09. The fourth-order valence-electron chi connectivity index (χ4n) is 1.24. The van der Waals surface area contributed by atoms with Crippen LogP contribution in [-0.2, 0) is 11.3 Å². The van der Waals surface area contributed by atoms with E-state index in [4.69, 9.17) is 11.5 Å². The quantitative estimate of drug-likeness (QED) is 0.629. The van der Waals surface area contributed by atoms with Crippen LogP contribution < -0.4 is 11.5 Å². The molecular formula is C9H15N5O2. The van der Waals surface area contributed by atoms with Crippen LogP contribution in [0.2, 0.25) is 0 Å². The van der Waals surface area contributed by atoms with Crippen molar-refractivity contribution in [3.8, 4) is 0 Å². The van der Waals surface area contributed by atoms with E-state index in [1.54, 1.807) is 10.8 Å². The van der Waals surface area contributed by atoms with Crippen molar-refractivity contribution in [2.24, 2.45) is 11.5 Å². The van der Waals surface area contributed by atoms with Crippen molar-refractivity contribution in [3.05, 3.63) is 18.2 Å². The fraction of sp³-hybridized carbons (Fsp3) is 0.444. The number of aromatic nitrogens is 2. The highest BCUT2D eigenvalue weighted by Crippen LogP contribution is 2.00. The molecule has 88 valence electrons. The Morgan fingerprint density at radius 1 is 1.56 bits per heavy atom. The lowest BCUT2D eigenvalue weighted by molar-refractivity contribution is -0.118. The minimum absolute atomic E-state index is 0.122. The number of carbonyl (C=O) groups is 2. The molecule has 0 unspecified atom stereocenters. The molecule has 0 aromatic carbocycles. The van der Waals surface area contributed by atoms with Crippen molar-refractivity contribution < 1.29 is 9.59 Å². The van der Waals surface area contributed by atoms with E-state index in [9.17, 15) is 9.59 Å². The van der Waals surface area contributed by atoms with Gasteiger partial charge in [0.15, 0.2) is 0 Å². The molecule has 0 aliphatic heterocycles. The Morgan fingerprint density at radius 2 is 2.25 bits per heavy atom. The van der Waals surface area contributed by atoms with Crippen LogP contribution in [0.15, 0.2) is 12.5 Å². The van der Waals surface area contributed by atoms with E-state index in [1.807, 2.05) is 0 Å². The van der Waals surface area contributed by atoms with Gasteiger partial charge in [-0.05, 0) is 0 Å². The maximum Gasteiger partial charge on any atom is 0.274 e. The van der Waals surface area contributed by atoms with E-state index in [2.05, 4.69) is 4.98 Å². The second-order valence-electron chi connectivity index (χ2n) is 3.41. The third kappa shape index (κ3) is 3.06. The van der Waals surface area contributed by atoms with Crippen molar-refractivity contribution in [2.45, 2.75) is 6.54 Å². The molecule has 1 aromatic rings. The molecule has 0 bridgehead atoms. The molecular weight excluding hydrogens is 210 g/mol. The zero-order chi connectivity index (χ0) is 12.1. The van der Waals surface area contributed by atoms with Gasteiger partial charge in [0.2, 0.25) is 5.91 Å². The summed E-state index contributed by atoms with van der Waals surface area (Å²) in [5.41, 5.74) is 10.6. The highest BCUT2D eigenvalue weighted by Gasteiger charge is 2.15. The van der Waals surface area contributed by atoms with Crippen molar-refractivity contribution in [1.29, 1.82) is 0 Å². The van der Waals surface area contributed by atoms with Crippen molar-refractivity contribution in [2.75, 3.05) is 20.1 Å². The summed E-state index contributed by atoms with van der Waals surface area (Å²) in [7, 11) is 1.50. The molecule has 1 rings (SSSR count). The van der Waals surface area contributed by atoms with Crippen LogP contribution in [0, 0.1) is 0 Å². The average Bonchev–Trinajstić information content (AvgIpc) is 2.64. The summed E-state index contributed by atoms with van der Waals surface area (Å²) < 4.78 is 1.71. The van der Waals surface area contributed by atoms with Gasteiger partial charge in [-0.25, -0.2) is 4.98 Å². The first kappa shape index (κ1) is 12.2. The van der Waals surface area contributed by atoms with Crippen LogP contribution in [0.4, 0.5) is 0 Å². The average molecular weight is 225 g/mol. The predicted molar refractivity (Wildman–Crippen MR) is 57.4 cm³/mol. The van der Waals surface area contributed by atoms with Crippen molar-refractivity contribution >= 4 is 11.8 Å². The summed E-state index contributed by atoms with van der Waals surface area (Å²) in [4.78, 5) is 27.5. The normalized spacial score (nSPS) is 10.1. The number of amides is 2. The smallest absolute Gasteiger partial charge is 0.274 e. The van der Waals surface area contributed by atoms with Gasteiger partial charge in [-0.2, -0.15) is 0 Å². The zero-order valence-corrected chi connectivity index (χ0v) is 9.09. The number of hydrogen-bond donors (Lipinski definition) is 2. The molecule has 0 aliphatic carbocycles. The van der Waals surface area contributed by atoms with Gasteiger partial charge >= 0.3 is 0 Å². The van der Waals surface area contributed by atoms with Crippen molar-refractivity contribution in [3.63, 3.8) is 0 Å². The summed E-state index contributed by atoms with van der Waals surface area (Å²) in [5.74, 6) is -0.896. The molecule has 0 atom stereocenters. The minimum atomic E-state index is -0.558. The lowest BCUT2D eigenvalue weighted by Gasteiger charge is -2.12. The van der Waals surface area contributed by atoms with Crippen molar-refractivity contribution in [1.82, 2.24) is 14.5 Å². The Morgan fingerprint density at radius 3 is 2.81 bits per heavy atom. The molecule has 2 amide bonds. The van der Waals surface area contributed by atoms with E-state index < -0.39 is 5.91 Å². The van der Waals surface area contributed by atoms with Gasteiger partial charge in [-0.15, -0.1) is 0 Å². The summed E-state index contributed by atoms with van der Waals surface area (Å²) in [6.45, 7) is 0.948. The number of primary amides is 1. The van der Waals surface area contributed by atoms with E-state index in [0.29, 0.717) is 13.1 Å². The molecule has 1 heterocycles. The summed E-state index contributed by atoms with van der Waals surface area (Å²) >= 11 is 0. The number of rotatable bonds is 5. The molecule has 16 heavy (non-hydrogen) atoms. The molecule has 0 fully saturated rings. The third-order valence-electron chi connectivity index (χ3n) is 1.98. The predicted octanol–water partition coefficient (Wildman–Crippen LogP) is -1.60. The molecule has 0 radical (unpaired) electrons. The molecule has 4 N–H and O–H groups in total. The van der Waals surface area contributed by atoms with E-state index >= 15 is 0 Å². The topological polar surface area (TPSA) is 107 Å². The van der Waals surface area contributed by atoms with Gasteiger partial charge in [0.05, 0.1) is 12.9 Å². The lowest BCUT2D eigenvalue weighted by Crippen LogP contribution is -2.35. The van der Waals surface area contributed by atoms with Crippen LogP contribution in [0.1, 0.15) is 10.5 Å². The highest BCUT2D eigenvalue weighted by atomic mass is 16.2. The number of hydrogen-bond acceptors (Lipinski definition) is 4. The molecule has 1 aromatic heterocycles. The van der Waals surface area contributed by atoms with Crippen LogP contribution >= 0.6 is 0 Å². The standard InChI is InChI=1S/C9H15N5O2/c1-13(5-8(11)15)9(16)7-4-14(3-2-10)6-12-7/h4,6H,2-3,5,10H2,1H3,(H2,11,15). The summed E-state index contributed by atoms with van der Waals surface area (Å²) in [5, 5.41) is 0. The second kappa shape index (κ2) is 5.26. The minimum Gasteiger partial charge on any atom is -0.368 e. The molecule has 0 aliphatic rings. The molecule has 0 saturated carbocycles. The molecule has 7 heteroatoms. The molecule has 0 spiro atoms. The highest BCUT2D eigenvalue weighted by molar-refractivity contribution is 5.94. The van der Waals surface area contributed by atoms with Crippen LogP contribution in [0.25, 0.3) is 0 Å². The maximum absolute atomic E-state index is 11.7. The van der Waals surface area contributed by atoms with Gasteiger partial charge in [0.1, 0.15) is 5.69 Å². The second-order valence-corrected chi connectivity index (χ2v) is 3.41. The lowest BCUT2D eigenvalue weighted by atomic mass is 10.4. The third-order valence-corrected chi connectivity index (χ3v) is 1.98. The summed E-state index contributed by atoms with van der Waals surface area (Å²) in [6.07, 6.45) is 3.12.